The Morgan fingerprint density at radius 3 is 2.35 bits per heavy atom. The monoisotopic (exact) mass is 529 g/mol. The lowest BCUT2D eigenvalue weighted by Crippen LogP contribution is -2.41. The maximum Gasteiger partial charge on any atom is 0.410 e. The number of carbonyl (C=O) groups excluding carboxylic acids is 3. The van der Waals surface area contributed by atoms with Crippen molar-refractivity contribution in [3.63, 3.8) is 0 Å². The van der Waals surface area contributed by atoms with Gasteiger partial charge in [0.2, 0.25) is 0 Å². The van der Waals surface area contributed by atoms with E-state index in [1.807, 2.05) is 42.2 Å². The number of nitrogens with zero attached hydrogens (tertiary/aromatic N) is 3. The Morgan fingerprint density at radius 1 is 1.00 bits per heavy atom. The summed E-state index contributed by atoms with van der Waals surface area (Å²) in [6.45, 7) is 4.98. The van der Waals surface area contributed by atoms with E-state index in [9.17, 15) is 14.4 Å². The molecule has 10 heteroatoms. The number of hydrogen-bond acceptors (Lipinski definition) is 8. The number of rotatable bonds is 8. The molecule has 200 valence electrons. The lowest BCUT2D eigenvalue weighted by atomic mass is 9.98. The number of benzene rings is 1. The first-order chi connectivity index (χ1) is 17.9. The van der Waals surface area contributed by atoms with Crippen molar-refractivity contribution in [3.8, 4) is 0 Å². The van der Waals surface area contributed by atoms with Gasteiger partial charge in [-0.3, -0.25) is 9.59 Å². The molecule has 0 atom stereocenters. The van der Waals surface area contributed by atoms with Gasteiger partial charge in [0.1, 0.15) is 11.5 Å². The molecule has 0 saturated carbocycles. The van der Waals surface area contributed by atoms with Gasteiger partial charge in [-0.2, -0.15) is 0 Å². The minimum Gasteiger partial charge on any atom is -0.469 e. The van der Waals surface area contributed by atoms with Crippen LogP contribution < -0.4 is 0 Å². The first-order valence-electron chi connectivity index (χ1n) is 12.8. The first kappa shape index (κ1) is 27.1. The Hall–Kier alpha value is -2.98. The third-order valence-electron chi connectivity index (χ3n) is 6.93. The largest absolute Gasteiger partial charge is 0.469 e. The maximum absolute atomic E-state index is 13.2. The van der Waals surface area contributed by atoms with Gasteiger partial charge >= 0.3 is 12.1 Å². The van der Waals surface area contributed by atoms with E-state index >= 15 is 0 Å². The predicted molar refractivity (Wildman–Crippen MR) is 139 cm³/mol. The van der Waals surface area contributed by atoms with E-state index in [0.29, 0.717) is 37.7 Å². The zero-order valence-corrected chi connectivity index (χ0v) is 22.3. The highest BCUT2D eigenvalue weighted by Crippen LogP contribution is 2.33. The molecule has 2 amide bonds. The number of amides is 2. The summed E-state index contributed by atoms with van der Waals surface area (Å²) in [5, 5.41) is 0.971. The van der Waals surface area contributed by atoms with E-state index in [2.05, 4.69) is 4.74 Å². The van der Waals surface area contributed by atoms with Crippen molar-refractivity contribution in [3.05, 3.63) is 51.5 Å². The zero-order chi connectivity index (χ0) is 26.2. The van der Waals surface area contributed by atoms with Crippen molar-refractivity contribution < 1.29 is 28.6 Å². The van der Waals surface area contributed by atoms with Gasteiger partial charge in [0.05, 0.1) is 36.9 Å². The number of aryl methyl sites for hydroxylation is 1. The number of thiazole rings is 1. The summed E-state index contributed by atoms with van der Waals surface area (Å²) in [6.07, 6.45) is 3.10. The van der Waals surface area contributed by atoms with Crippen LogP contribution in [-0.4, -0.2) is 78.8 Å². The molecule has 2 saturated heterocycles. The highest BCUT2D eigenvalue weighted by atomic mass is 32.1. The molecule has 1 aromatic carbocycles. The summed E-state index contributed by atoms with van der Waals surface area (Å²) >= 11 is 1.49. The Labute approximate surface area is 221 Å². The third kappa shape index (κ3) is 7.29. The number of aromatic nitrogens is 1. The summed E-state index contributed by atoms with van der Waals surface area (Å²) in [7, 11) is 1.37. The molecule has 1 aromatic heterocycles. The number of methoxy groups -OCH3 is 1. The average Bonchev–Trinajstić information content (AvgIpc) is 3.33. The molecule has 0 unspecified atom stereocenters. The number of carbonyl (C=O) groups is 3. The predicted octanol–water partition coefficient (Wildman–Crippen LogP) is 4.15. The van der Waals surface area contributed by atoms with E-state index < -0.39 is 0 Å². The fourth-order valence-corrected chi connectivity index (χ4v) is 5.89. The van der Waals surface area contributed by atoms with Crippen LogP contribution in [0.4, 0.5) is 4.79 Å². The molecule has 2 aliphatic rings. The van der Waals surface area contributed by atoms with Crippen LogP contribution in [0.15, 0.2) is 30.3 Å². The van der Waals surface area contributed by atoms with Gasteiger partial charge in [-0.1, -0.05) is 30.3 Å². The normalized spacial score (nSPS) is 17.0. The highest BCUT2D eigenvalue weighted by Gasteiger charge is 2.30. The minimum absolute atomic E-state index is 0.0242. The second-order valence-electron chi connectivity index (χ2n) is 9.46. The Kier molecular flexibility index (Phi) is 9.51. The average molecular weight is 530 g/mol. The van der Waals surface area contributed by atoms with Gasteiger partial charge in [0, 0.05) is 32.1 Å². The van der Waals surface area contributed by atoms with Crippen LogP contribution in [-0.2, 0) is 25.6 Å². The van der Waals surface area contributed by atoms with E-state index in [1.165, 1.54) is 18.4 Å². The second kappa shape index (κ2) is 13.0. The zero-order valence-electron chi connectivity index (χ0n) is 21.5. The molecule has 0 radical (unpaired) electrons. The molecule has 2 fully saturated rings. The van der Waals surface area contributed by atoms with Crippen LogP contribution in [0.1, 0.15) is 64.0 Å². The first-order valence-corrected chi connectivity index (χ1v) is 13.7. The van der Waals surface area contributed by atoms with E-state index in [4.69, 9.17) is 14.5 Å². The van der Waals surface area contributed by atoms with Gasteiger partial charge in [-0.25, -0.2) is 9.78 Å². The van der Waals surface area contributed by atoms with Gasteiger partial charge in [-0.05, 0) is 38.2 Å². The summed E-state index contributed by atoms with van der Waals surface area (Å²) < 4.78 is 15.9. The quantitative estimate of drug-likeness (QED) is 0.474. The molecule has 9 nitrogen and oxygen atoms in total. The van der Waals surface area contributed by atoms with E-state index in [-0.39, 0.29) is 43.0 Å². The minimum atomic E-state index is -0.286. The molecule has 4 rings (SSSR count). The molecular weight excluding hydrogens is 494 g/mol. The summed E-state index contributed by atoms with van der Waals surface area (Å²) in [5.41, 5.74) is 1.74. The van der Waals surface area contributed by atoms with Crippen LogP contribution >= 0.6 is 11.3 Å². The number of piperidine rings is 2. The number of likely N-dealkylation sites (tertiary alicyclic amines) is 2. The van der Waals surface area contributed by atoms with Crippen molar-refractivity contribution in [1.82, 2.24) is 14.8 Å². The molecule has 0 spiro atoms. The fourth-order valence-electron chi connectivity index (χ4n) is 4.69. The second-order valence-corrected chi connectivity index (χ2v) is 10.5. The number of ether oxygens (including phenoxy) is 3. The molecule has 2 aromatic rings. The molecular formula is C27H35N3O6S. The molecule has 37 heavy (non-hydrogen) atoms. The van der Waals surface area contributed by atoms with Crippen molar-refractivity contribution in [2.75, 3.05) is 39.9 Å². The van der Waals surface area contributed by atoms with Gasteiger partial charge < -0.3 is 24.0 Å². The lowest BCUT2D eigenvalue weighted by molar-refractivity contribution is -0.142. The highest BCUT2D eigenvalue weighted by molar-refractivity contribution is 7.13. The number of esters is 1. The molecule has 0 bridgehead atoms. The van der Waals surface area contributed by atoms with E-state index in [0.717, 1.165) is 41.9 Å². The van der Waals surface area contributed by atoms with Gasteiger partial charge in [0.15, 0.2) is 0 Å². The van der Waals surface area contributed by atoms with Crippen molar-refractivity contribution in [2.24, 2.45) is 0 Å². The molecule has 3 heterocycles. The Morgan fingerprint density at radius 2 is 1.68 bits per heavy atom. The SMILES string of the molecule is COC(=O)CCOC1CCN(C(=O)c2sc(C3CCN(C(=O)OCc4ccccc4)CC3)nc2C)CC1. The Balaban J connectivity index is 1.23. The Bertz CT molecular complexity index is 1060. The van der Waals surface area contributed by atoms with Crippen LogP contribution in [0.2, 0.25) is 0 Å². The molecule has 0 aliphatic carbocycles. The van der Waals surface area contributed by atoms with Gasteiger partial charge in [-0.15, -0.1) is 11.3 Å². The fraction of sp³-hybridized carbons (Fsp3) is 0.556. The summed E-state index contributed by atoms with van der Waals surface area (Å²) in [6, 6.07) is 9.66. The van der Waals surface area contributed by atoms with Crippen LogP contribution in [0.25, 0.3) is 0 Å². The molecule has 0 N–H and O–H groups in total. The topological polar surface area (TPSA) is 98.3 Å². The van der Waals surface area contributed by atoms with Crippen LogP contribution in [0.5, 0.6) is 0 Å². The van der Waals surface area contributed by atoms with Crippen LogP contribution in [0, 0.1) is 6.92 Å². The smallest absolute Gasteiger partial charge is 0.410 e. The van der Waals surface area contributed by atoms with Crippen molar-refractivity contribution in [1.29, 1.82) is 0 Å². The van der Waals surface area contributed by atoms with Crippen LogP contribution in [0.3, 0.4) is 0 Å². The van der Waals surface area contributed by atoms with Gasteiger partial charge in [0.25, 0.3) is 5.91 Å². The lowest BCUT2D eigenvalue weighted by Gasteiger charge is -2.31. The summed E-state index contributed by atoms with van der Waals surface area (Å²) in [5.74, 6) is -0.0219. The third-order valence-corrected chi connectivity index (χ3v) is 8.24. The van der Waals surface area contributed by atoms with E-state index in [1.54, 1.807) is 4.90 Å². The van der Waals surface area contributed by atoms with Crippen molar-refractivity contribution in [2.45, 2.75) is 57.7 Å². The molecule has 2 aliphatic heterocycles. The van der Waals surface area contributed by atoms with Crippen molar-refractivity contribution >= 4 is 29.3 Å². The maximum atomic E-state index is 13.2. The summed E-state index contributed by atoms with van der Waals surface area (Å²) in [4.78, 5) is 46.0. The standard InChI is InChI=1S/C27H35N3O6S/c1-19-24(26(32)29-15-10-22(11-16-29)35-17-12-23(31)34-2)37-25(28-19)21-8-13-30(14-9-21)27(33)36-18-20-6-4-3-5-7-20/h3-7,21-22H,8-18H2,1-2H3. The number of hydrogen-bond donors (Lipinski definition) is 0.